The van der Waals surface area contributed by atoms with Gasteiger partial charge in [0.1, 0.15) is 17.8 Å². The molecule has 0 aliphatic heterocycles. The minimum absolute atomic E-state index is 0.0491. The lowest BCUT2D eigenvalue weighted by atomic mass is 10.2. The highest BCUT2D eigenvalue weighted by Crippen LogP contribution is 2.34. The topological polar surface area (TPSA) is 106 Å². The van der Waals surface area contributed by atoms with Crippen LogP contribution in [0.3, 0.4) is 0 Å². The summed E-state index contributed by atoms with van der Waals surface area (Å²) in [5.41, 5.74) is 0.382. The van der Waals surface area contributed by atoms with E-state index >= 15 is 0 Å². The van der Waals surface area contributed by atoms with Crippen molar-refractivity contribution in [2.75, 3.05) is 18.5 Å². The number of benzene rings is 1. The molecule has 20 heavy (non-hydrogen) atoms. The fourth-order valence-electron chi connectivity index (χ4n) is 1.79. The van der Waals surface area contributed by atoms with Gasteiger partial charge in [0.2, 0.25) is 0 Å². The molecular formula is C12H15N5O3. The normalized spacial score (nSPS) is 10.2. The summed E-state index contributed by atoms with van der Waals surface area (Å²) in [6, 6.07) is 4.96. The van der Waals surface area contributed by atoms with Crippen LogP contribution in [0.2, 0.25) is 0 Å². The zero-order chi connectivity index (χ0) is 14.4. The van der Waals surface area contributed by atoms with Gasteiger partial charge in [-0.05, 0) is 19.1 Å². The summed E-state index contributed by atoms with van der Waals surface area (Å²) in [4.78, 5) is 14.7. The number of anilines is 1. The van der Waals surface area contributed by atoms with Crippen LogP contribution in [0.5, 0.6) is 5.75 Å². The number of rotatable bonds is 7. The fourth-order valence-corrected chi connectivity index (χ4v) is 1.79. The summed E-state index contributed by atoms with van der Waals surface area (Å²) in [5.74, 6) is 0.989. The Balaban J connectivity index is 2.09. The van der Waals surface area contributed by atoms with Crippen molar-refractivity contribution in [3.8, 4) is 5.75 Å². The first kappa shape index (κ1) is 13.8. The first-order chi connectivity index (χ1) is 9.72. The first-order valence-electron chi connectivity index (χ1n) is 6.20. The molecule has 1 aromatic carbocycles. The Hall–Kier alpha value is -2.64. The molecular weight excluding hydrogens is 262 g/mol. The highest BCUT2D eigenvalue weighted by Gasteiger charge is 2.20. The number of H-pyrrole nitrogens is 1. The molecule has 2 aromatic rings. The zero-order valence-electron chi connectivity index (χ0n) is 11.0. The molecule has 0 aliphatic rings. The smallest absolute Gasteiger partial charge is 0.333 e. The van der Waals surface area contributed by atoms with Gasteiger partial charge in [-0.2, -0.15) is 5.10 Å². The average Bonchev–Trinajstić information content (AvgIpc) is 2.92. The van der Waals surface area contributed by atoms with Gasteiger partial charge in [-0.15, -0.1) is 0 Å². The van der Waals surface area contributed by atoms with E-state index in [1.165, 1.54) is 6.33 Å². The van der Waals surface area contributed by atoms with E-state index in [9.17, 15) is 10.1 Å². The van der Waals surface area contributed by atoms with E-state index in [1.54, 1.807) is 25.1 Å². The summed E-state index contributed by atoms with van der Waals surface area (Å²) >= 11 is 0. The van der Waals surface area contributed by atoms with Crippen LogP contribution in [0, 0.1) is 10.1 Å². The van der Waals surface area contributed by atoms with Crippen molar-refractivity contribution in [1.29, 1.82) is 0 Å². The van der Waals surface area contributed by atoms with Gasteiger partial charge in [0, 0.05) is 13.0 Å². The number of nitrogens with zero attached hydrogens (tertiary/aromatic N) is 3. The molecule has 0 aliphatic carbocycles. The zero-order valence-corrected chi connectivity index (χ0v) is 11.0. The molecule has 2 rings (SSSR count). The molecule has 0 atom stereocenters. The van der Waals surface area contributed by atoms with Gasteiger partial charge in [-0.25, -0.2) is 4.98 Å². The Kier molecular flexibility index (Phi) is 4.48. The van der Waals surface area contributed by atoms with Crippen LogP contribution in [0.25, 0.3) is 0 Å². The molecule has 0 amide bonds. The van der Waals surface area contributed by atoms with Crippen LogP contribution >= 0.6 is 0 Å². The number of hydrogen-bond acceptors (Lipinski definition) is 6. The second-order valence-electron chi connectivity index (χ2n) is 3.95. The van der Waals surface area contributed by atoms with Gasteiger partial charge < -0.3 is 10.1 Å². The second kappa shape index (κ2) is 6.50. The van der Waals surface area contributed by atoms with Gasteiger partial charge >= 0.3 is 5.69 Å². The van der Waals surface area contributed by atoms with E-state index in [0.717, 1.165) is 5.82 Å². The van der Waals surface area contributed by atoms with Gasteiger partial charge in [0.15, 0.2) is 5.75 Å². The number of aromatic amines is 1. The summed E-state index contributed by atoms with van der Waals surface area (Å²) in [6.45, 7) is 2.67. The molecule has 8 heteroatoms. The Labute approximate surface area is 115 Å². The molecule has 8 nitrogen and oxygen atoms in total. The maximum absolute atomic E-state index is 11.2. The lowest BCUT2D eigenvalue weighted by molar-refractivity contribution is -0.384. The lowest BCUT2D eigenvalue weighted by Crippen LogP contribution is -2.08. The van der Waals surface area contributed by atoms with E-state index in [0.29, 0.717) is 25.3 Å². The van der Waals surface area contributed by atoms with E-state index in [4.69, 9.17) is 4.74 Å². The third kappa shape index (κ3) is 3.22. The molecule has 0 saturated heterocycles. The minimum atomic E-state index is -0.443. The van der Waals surface area contributed by atoms with E-state index < -0.39 is 4.92 Å². The molecule has 0 saturated carbocycles. The molecule has 2 N–H and O–H groups in total. The van der Waals surface area contributed by atoms with Crippen molar-refractivity contribution in [3.63, 3.8) is 0 Å². The van der Waals surface area contributed by atoms with Crippen LogP contribution in [0.4, 0.5) is 11.4 Å². The molecule has 0 bridgehead atoms. The lowest BCUT2D eigenvalue weighted by Gasteiger charge is -2.09. The number of nitrogens with one attached hydrogen (secondary N) is 2. The summed E-state index contributed by atoms with van der Waals surface area (Å²) < 4.78 is 5.28. The SMILES string of the molecule is CCOc1cccc(NCCc2ncn[nH]2)c1[N+](=O)[O-]. The van der Waals surface area contributed by atoms with Gasteiger partial charge in [0.05, 0.1) is 11.5 Å². The highest BCUT2D eigenvalue weighted by atomic mass is 16.6. The molecule has 0 fully saturated rings. The second-order valence-corrected chi connectivity index (χ2v) is 3.95. The Morgan fingerprint density at radius 2 is 2.35 bits per heavy atom. The Morgan fingerprint density at radius 3 is 3.00 bits per heavy atom. The number of hydrogen-bond donors (Lipinski definition) is 2. The molecule has 106 valence electrons. The number of nitro groups is 1. The number of para-hydroxylation sites is 1. The van der Waals surface area contributed by atoms with Crippen LogP contribution in [-0.4, -0.2) is 33.3 Å². The average molecular weight is 277 g/mol. The third-order valence-corrected chi connectivity index (χ3v) is 2.62. The molecule has 1 aromatic heterocycles. The third-order valence-electron chi connectivity index (χ3n) is 2.62. The van der Waals surface area contributed by atoms with Crippen molar-refractivity contribution in [3.05, 3.63) is 40.5 Å². The number of aromatic nitrogens is 3. The molecule has 0 unspecified atom stereocenters. The Morgan fingerprint density at radius 1 is 1.50 bits per heavy atom. The van der Waals surface area contributed by atoms with Crippen molar-refractivity contribution in [2.24, 2.45) is 0 Å². The van der Waals surface area contributed by atoms with Crippen LogP contribution < -0.4 is 10.1 Å². The predicted molar refractivity (Wildman–Crippen MR) is 72.8 cm³/mol. The van der Waals surface area contributed by atoms with Gasteiger partial charge in [-0.1, -0.05) is 6.07 Å². The monoisotopic (exact) mass is 277 g/mol. The number of ether oxygens (including phenoxy) is 1. The largest absolute Gasteiger partial charge is 0.487 e. The quantitative estimate of drug-likeness (QED) is 0.590. The van der Waals surface area contributed by atoms with Crippen molar-refractivity contribution >= 4 is 11.4 Å². The fraction of sp³-hybridized carbons (Fsp3) is 0.333. The molecule has 0 spiro atoms. The van der Waals surface area contributed by atoms with Crippen molar-refractivity contribution < 1.29 is 9.66 Å². The Bertz CT molecular complexity index is 570. The maximum Gasteiger partial charge on any atom is 0.333 e. The maximum atomic E-state index is 11.2. The van der Waals surface area contributed by atoms with Crippen LogP contribution in [0.15, 0.2) is 24.5 Å². The summed E-state index contributed by atoms with van der Waals surface area (Å²) in [5, 5.41) is 20.7. The molecule has 1 heterocycles. The summed E-state index contributed by atoms with van der Waals surface area (Å²) in [6.07, 6.45) is 2.02. The standard InChI is InChI=1S/C12H15N5O3/c1-2-20-10-5-3-4-9(12(10)17(18)19)13-7-6-11-14-8-15-16-11/h3-5,8,13H,2,6-7H2,1H3,(H,14,15,16). The van der Waals surface area contributed by atoms with Crippen LogP contribution in [-0.2, 0) is 6.42 Å². The predicted octanol–water partition coefficient (Wildman–Crippen LogP) is 1.77. The van der Waals surface area contributed by atoms with Gasteiger partial charge in [-0.3, -0.25) is 15.2 Å². The van der Waals surface area contributed by atoms with E-state index in [-0.39, 0.29) is 11.4 Å². The number of nitro benzene ring substituents is 1. The molecule has 0 radical (unpaired) electrons. The van der Waals surface area contributed by atoms with E-state index in [2.05, 4.69) is 20.5 Å². The van der Waals surface area contributed by atoms with Crippen molar-refractivity contribution in [2.45, 2.75) is 13.3 Å². The highest BCUT2D eigenvalue weighted by molar-refractivity contribution is 5.68. The van der Waals surface area contributed by atoms with Crippen LogP contribution in [0.1, 0.15) is 12.7 Å². The van der Waals surface area contributed by atoms with E-state index in [1.807, 2.05) is 0 Å². The summed E-state index contributed by atoms with van der Waals surface area (Å²) in [7, 11) is 0. The first-order valence-corrected chi connectivity index (χ1v) is 6.20. The van der Waals surface area contributed by atoms with Gasteiger partial charge in [0.25, 0.3) is 0 Å². The van der Waals surface area contributed by atoms with Crippen molar-refractivity contribution in [1.82, 2.24) is 15.2 Å². The minimum Gasteiger partial charge on any atom is -0.487 e.